The van der Waals surface area contributed by atoms with E-state index >= 15 is 0 Å². The van der Waals surface area contributed by atoms with Gasteiger partial charge in [-0.1, -0.05) is 12.1 Å². The quantitative estimate of drug-likeness (QED) is 0.453. The van der Waals surface area contributed by atoms with Crippen molar-refractivity contribution in [3.05, 3.63) is 24.3 Å². The first kappa shape index (κ1) is 17.4. The molecule has 1 aliphatic heterocycles. The van der Waals surface area contributed by atoms with Gasteiger partial charge in [-0.05, 0) is 25.0 Å². The molecule has 6 nitrogen and oxygen atoms in total. The van der Waals surface area contributed by atoms with Gasteiger partial charge in [0.25, 0.3) is 0 Å². The van der Waals surface area contributed by atoms with Gasteiger partial charge < -0.3 is 25.0 Å². The van der Waals surface area contributed by atoms with Crippen LogP contribution in [-0.4, -0.2) is 59.5 Å². The van der Waals surface area contributed by atoms with E-state index in [4.69, 9.17) is 9.47 Å². The van der Waals surface area contributed by atoms with Gasteiger partial charge in [0, 0.05) is 46.4 Å². The first-order chi connectivity index (χ1) is 11.3. The summed E-state index contributed by atoms with van der Waals surface area (Å²) in [6.45, 7) is 3.57. The highest BCUT2D eigenvalue weighted by molar-refractivity contribution is 5.80. The fourth-order valence-corrected chi connectivity index (χ4v) is 2.80. The van der Waals surface area contributed by atoms with Crippen molar-refractivity contribution in [2.45, 2.75) is 18.9 Å². The third-order valence-corrected chi connectivity index (χ3v) is 4.00. The third kappa shape index (κ3) is 5.03. The van der Waals surface area contributed by atoms with Crippen LogP contribution in [0, 0.1) is 0 Å². The van der Waals surface area contributed by atoms with Crippen molar-refractivity contribution in [1.29, 1.82) is 0 Å². The lowest BCUT2D eigenvalue weighted by atomic mass is 10.2. The summed E-state index contributed by atoms with van der Waals surface area (Å²) in [4.78, 5) is 6.65. The molecule has 1 aromatic carbocycles. The van der Waals surface area contributed by atoms with Crippen LogP contribution in [0.15, 0.2) is 29.3 Å². The minimum atomic E-state index is 0.383. The van der Waals surface area contributed by atoms with Gasteiger partial charge in [-0.25, -0.2) is 0 Å². The van der Waals surface area contributed by atoms with Crippen molar-refractivity contribution < 1.29 is 9.47 Å². The molecule has 1 aliphatic rings. The normalized spacial score (nSPS) is 18.1. The summed E-state index contributed by atoms with van der Waals surface area (Å²) >= 11 is 0. The molecule has 0 aromatic heterocycles. The Labute approximate surface area is 138 Å². The van der Waals surface area contributed by atoms with E-state index in [1.54, 1.807) is 21.3 Å². The molecule has 1 fully saturated rings. The van der Waals surface area contributed by atoms with E-state index in [0.29, 0.717) is 6.04 Å². The summed E-state index contributed by atoms with van der Waals surface area (Å²) in [5.74, 6) is 1.78. The number of rotatable bonds is 7. The molecule has 2 N–H and O–H groups in total. The number of methoxy groups -OCH3 is 2. The van der Waals surface area contributed by atoms with E-state index in [-0.39, 0.29) is 0 Å². The lowest BCUT2D eigenvalue weighted by molar-refractivity contribution is 0.195. The molecular weight excluding hydrogens is 292 g/mol. The first-order valence-electron chi connectivity index (χ1n) is 8.12. The third-order valence-electron chi connectivity index (χ3n) is 4.00. The molecule has 0 bridgehead atoms. The summed E-state index contributed by atoms with van der Waals surface area (Å²) in [6.07, 6.45) is 2.05. The lowest BCUT2D eigenvalue weighted by Gasteiger charge is -2.22. The maximum atomic E-state index is 5.46. The van der Waals surface area contributed by atoms with Crippen LogP contribution in [0.25, 0.3) is 0 Å². The SMILES string of the molecule is CN=C(NCCCOC)NC1CCN(c2ccccc2OC)C1. The topological polar surface area (TPSA) is 58.1 Å². The molecule has 0 amide bonds. The maximum absolute atomic E-state index is 5.46. The fraction of sp³-hybridized carbons (Fsp3) is 0.588. The molecule has 0 aliphatic carbocycles. The van der Waals surface area contributed by atoms with Crippen molar-refractivity contribution in [3.63, 3.8) is 0 Å². The van der Waals surface area contributed by atoms with Crippen molar-refractivity contribution in [2.75, 3.05) is 52.4 Å². The first-order valence-corrected chi connectivity index (χ1v) is 8.12. The Hall–Kier alpha value is -1.95. The van der Waals surface area contributed by atoms with E-state index in [9.17, 15) is 0 Å². The summed E-state index contributed by atoms with van der Waals surface area (Å²) in [5.41, 5.74) is 1.15. The van der Waals surface area contributed by atoms with Crippen LogP contribution >= 0.6 is 0 Å². The predicted molar refractivity (Wildman–Crippen MR) is 94.6 cm³/mol. The van der Waals surface area contributed by atoms with E-state index in [0.717, 1.165) is 56.5 Å². The van der Waals surface area contributed by atoms with Gasteiger partial charge in [-0.3, -0.25) is 4.99 Å². The number of guanidine groups is 1. The molecule has 1 atom stereocenters. The smallest absolute Gasteiger partial charge is 0.191 e. The summed E-state index contributed by atoms with van der Waals surface area (Å²) < 4.78 is 10.5. The molecular formula is C17H28N4O2. The number of ether oxygens (including phenoxy) is 2. The number of hydrogen-bond acceptors (Lipinski definition) is 4. The van der Waals surface area contributed by atoms with Crippen molar-refractivity contribution in [1.82, 2.24) is 10.6 Å². The fourth-order valence-electron chi connectivity index (χ4n) is 2.80. The minimum Gasteiger partial charge on any atom is -0.495 e. The number of aliphatic imine (C=N–C) groups is 1. The maximum Gasteiger partial charge on any atom is 0.191 e. The Morgan fingerprint density at radius 1 is 1.35 bits per heavy atom. The molecule has 23 heavy (non-hydrogen) atoms. The number of para-hydroxylation sites is 2. The second kappa shape index (κ2) is 9.25. The Morgan fingerprint density at radius 2 is 2.17 bits per heavy atom. The summed E-state index contributed by atoms with van der Waals surface area (Å²) in [7, 11) is 5.24. The second-order valence-corrected chi connectivity index (χ2v) is 5.59. The van der Waals surface area contributed by atoms with E-state index in [1.165, 1.54) is 0 Å². The van der Waals surface area contributed by atoms with Gasteiger partial charge in [0.1, 0.15) is 5.75 Å². The van der Waals surface area contributed by atoms with E-state index in [1.807, 2.05) is 12.1 Å². The molecule has 1 heterocycles. The molecule has 2 rings (SSSR count). The van der Waals surface area contributed by atoms with E-state index < -0.39 is 0 Å². The van der Waals surface area contributed by atoms with Crippen molar-refractivity contribution >= 4 is 11.6 Å². The van der Waals surface area contributed by atoms with Crippen LogP contribution in [0.3, 0.4) is 0 Å². The highest BCUT2D eigenvalue weighted by Crippen LogP contribution is 2.30. The Kier molecular flexibility index (Phi) is 7.00. The Balaban J connectivity index is 1.84. The summed E-state index contributed by atoms with van der Waals surface area (Å²) in [6, 6.07) is 8.55. The average Bonchev–Trinajstić information content (AvgIpc) is 3.06. The molecule has 0 spiro atoms. The monoisotopic (exact) mass is 320 g/mol. The Bertz CT molecular complexity index is 507. The van der Waals surface area contributed by atoms with Crippen molar-refractivity contribution in [3.8, 4) is 5.75 Å². The zero-order valence-electron chi connectivity index (χ0n) is 14.3. The van der Waals surface area contributed by atoms with Crippen LogP contribution in [0.2, 0.25) is 0 Å². The van der Waals surface area contributed by atoms with Gasteiger partial charge in [0.05, 0.1) is 12.8 Å². The predicted octanol–water partition coefficient (Wildman–Crippen LogP) is 1.48. The summed E-state index contributed by atoms with van der Waals surface area (Å²) in [5, 5.41) is 6.82. The second-order valence-electron chi connectivity index (χ2n) is 5.59. The number of hydrogen-bond donors (Lipinski definition) is 2. The highest BCUT2D eigenvalue weighted by Gasteiger charge is 2.25. The number of nitrogens with one attached hydrogen (secondary N) is 2. The number of anilines is 1. The van der Waals surface area contributed by atoms with E-state index in [2.05, 4.69) is 32.7 Å². The highest BCUT2D eigenvalue weighted by atomic mass is 16.5. The zero-order valence-corrected chi connectivity index (χ0v) is 14.3. The minimum absolute atomic E-state index is 0.383. The van der Waals surface area contributed by atoms with Gasteiger partial charge in [-0.15, -0.1) is 0 Å². The van der Waals surface area contributed by atoms with Crippen LogP contribution in [0.5, 0.6) is 5.75 Å². The number of nitrogens with zero attached hydrogens (tertiary/aromatic N) is 2. The van der Waals surface area contributed by atoms with Crippen LogP contribution in [-0.2, 0) is 4.74 Å². The molecule has 1 aromatic rings. The van der Waals surface area contributed by atoms with Gasteiger partial charge >= 0.3 is 0 Å². The Morgan fingerprint density at radius 3 is 2.91 bits per heavy atom. The molecule has 1 unspecified atom stereocenters. The lowest BCUT2D eigenvalue weighted by Crippen LogP contribution is -2.45. The van der Waals surface area contributed by atoms with Crippen LogP contribution in [0.4, 0.5) is 5.69 Å². The average molecular weight is 320 g/mol. The molecule has 1 saturated heterocycles. The van der Waals surface area contributed by atoms with Gasteiger partial charge in [0.15, 0.2) is 5.96 Å². The molecule has 0 radical (unpaired) electrons. The van der Waals surface area contributed by atoms with Crippen LogP contribution in [0.1, 0.15) is 12.8 Å². The number of benzene rings is 1. The van der Waals surface area contributed by atoms with Crippen LogP contribution < -0.4 is 20.3 Å². The van der Waals surface area contributed by atoms with Crippen molar-refractivity contribution in [2.24, 2.45) is 4.99 Å². The molecule has 6 heteroatoms. The standard InChI is InChI=1S/C17H28N4O2/c1-18-17(19-10-6-12-22-2)20-14-9-11-21(13-14)15-7-4-5-8-16(15)23-3/h4-5,7-8,14H,6,9-13H2,1-3H3,(H2,18,19,20). The zero-order chi connectivity index (χ0) is 16.5. The molecule has 0 saturated carbocycles. The largest absolute Gasteiger partial charge is 0.495 e. The molecule has 128 valence electrons. The van der Waals surface area contributed by atoms with Gasteiger partial charge in [-0.2, -0.15) is 0 Å². The van der Waals surface area contributed by atoms with Gasteiger partial charge in [0.2, 0.25) is 0 Å².